The molecule has 1 aliphatic heterocycles. The van der Waals surface area contributed by atoms with Crippen LogP contribution in [0.2, 0.25) is 0 Å². The molecule has 0 radical (unpaired) electrons. The quantitative estimate of drug-likeness (QED) is 0.150. The Balaban J connectivity index is 1.81. The minimum absolute atomic E-state index is 0.00681. The fraction of sp³-hybridized carbons (Fsp3) is 0.647. The smallest absolute Gasteiger partial charge is 0.387 e. The lowest BCUT2D eigenvalue weighted by atomic mass is 10.1. The van der Waals surface area contributed by atoms with Crippen molar-refractivity contribution in [2.75, 3.05) is 18.5 Å². The van der Waals surface area contributed by atoms with Gasteiger partial charge in [-0.05, 0) is 13.3 Å². The highest BCUT2D eigenvalue weighted by Crippen LogP contribution is 2.38. The number of carbonyl (C=O) groups excluding carboxylic acids is 1. The van der Waals surface area contributed by atoms with Crippen molar-refractivity contribution in [3.8, 4) is 0 Å². The maximum atomic E-state index is 12.4. The van der Waals surface area contributed by atoms with Crippen LogP contribution in [-0.4, -0.2) is 82.9 Å². The van der Waals surface area contributed by atoms with E-state index in [2.05, 4.69) is 30.1 Å². The molecule has 2 aromatic rings. The van der Waals surface area contributed by atoms with Gasteiger partial charge in [0.1, 0.15) is 24.4 Å². The van der Waals surface area contributed by atoms with Crippen LogP contribution in [0.15, 0.2) is 11.1 Å². The van der Waals surface area contributed by atoms with E-state index in [1.54, 1.807) is 6.92 Å². The number of nitrogens with zero attached hydrogens (tertiary/aromatic N) is 3. The first-order valence-corrected chi connectivity index (χ1v) is 11.8. The van der Waals surface area contributed by atoms with Gasteiger partial charge in [0.15, 0.2) is 17.4 Å². The van der Waals surface area contributed by atoms with E-state index in [4.69, 9.17) is 14.5 Å². The lowest BCUT2D eigenvalue weighted by Crippen LogP contribution is -2.38. The van der Waals surface area contributed by atoms with Gasteiger partial charge in [-0.25, -0.2) is 9.55 Å². The Morgan fingerprint density at radius 3 is 2.79 bits per heavy atom. The van der Waals surface area contributed by atoms with Crippen LogP contribution in [0.4, 0.5) is 5.95 Å². The number of aromatic amines is 1. The van der Waals surface area contributed by atoms with Crippen LogP contribution >= 0.6 is 7.82 Å². The molecule has 15 nitrogen and oxygen atoms in total. The summed E-state index contributed by atoms with van der Waals surface area (Å²) in [6.07, 6.45) is -2.68. The summed E-state index contributed by atoms with van der Waals surface area (Å²) in [7, 11) is -4.82. The summed E-state index contributed by atoms with van der Waals surface area (Å²) in [5.74, 6) is -0.313. The third-order valence-corrected chi connectivity index (χ3v) is 5.51. The summed E-state index contributed by atoms with van der Waals surface area (Å²) < 4.78 is 22.0. The predicted octanol–water partition coefficient (Wildman–Crippen LogP) is -1.44. The van der Waals surface area contributed by atoms with E-state index in [1.165, 1.54) is 10.9 Å². The van der Waals surface area contributed by atoms with Gasteiger partial charge in [0, 0.05) is 6.54 Å². The number of aliphatic hydroxyl groups excluding tert-OH is 2. The molecule has 1 aliphatic rings. The van der Waals surface area contributed by atoms with Crippen molar-refractivity contribution >= 4 is 30.8 Å². The maximum absolute atomic E-state index is 12.4. The Kier molecular flexibility index (Phi) is 7.84. The minimum atomic E-state index is -4.82. The molecule has 1 saturated heterocycles. The highest BCUT2D eigenvalue weighted by molar-refractivity contribution is 7.46. The first kappa shape index (κ1) is 25.2. The van der Waals surface area contributed by atoms with Gasteiger partial charge in [-0.2, -0.15) is 4.98 Å². The summed E-state index contributed by atoms with van der Waals surface area (Å²) in [4.78, 5) is 53.0. The van der Waals surface area contributed by atoms with Crippen molar-refractivity contribution in [3.05, 3.63) is 16.7 Å². The molecule has 16 heteroatoms. The number of rotatable bonds is 10. The fourth-order valence-electron chi connectivity index (χ4n) is 3.26. The topological polar surface area (TPSA) is 221 Å². The average Bonchev–Trinajstić information content (AvgIpc) is 3.28. The Hall–Kier alpha value is -2.39. The number of unbranched alkanes of at least 4 members (excludes halogenated alkanes) is 1. The molecular weight excluding hydrogens is 463 g/mol. The Bertz CT molecular complexity index is 1080. The van der Waals surface area contributed by atoms with E-state index in [0.29, 0.717) is 6.54 Å². The monoisotopic (exact) mass is 490 g/mol. The standard InChI is InChI=1S/C17H27N6O9P/c1-3-4-5-18-14(26)8(2)20-17-21-13-10(15(27)22-17)19-7-23(13)16-12(25)11(24)9(32-16)6-31-33(28,29)30/h7-9,11-12,16,24-25H,3-6H2,1-2H3,(H,18,26)(H2,28,29,30)(H2,20,21,22,27)/t8-,9-,11-,12-,16-/m1/s1. The lowest BCUT2D eigenvalue weighted by molar-refractivity contribution is -0.121. The number of hydrogen-bond donors (Lipinski definition) is 7. The zero-order valence-corrected chi connectivity index (χ0v) is 18.8. The van der Waals surface area contributed by atoms with Crippen LogP contribution in [-0.2, 0) is 18.6 Å². The highest BCUT2D eigenvalue weighted by atomic mass is 31.2. The number of carbonyl (C=O) groups is 1. The van der Waals surface area contributed by atoms with E-state index in [0.717, 1.165) is 12.8 Å². The summed E-state index contributed by atoms with van der Waals surface area (Å²) >= 11 is 0. The zero-order valence-electron chi connectivity index (χ0n) is 17.9. The molecule has 5 atom stereocenters. The lowest BCUT2D eigenvalue weighted by Gasteiger charge is -2.17. The molecule has 1 fully saturated rings. The van der Waals surface area contributed by atoms with Crippen molar-refractivity contribution in [3.63, 3.8) is 0 Å². The number of ether oxygens (including phenoxy) is 1. The number of amides is 1. The van der Waals surface area contributed by atoms with Crippen molar-refractivity contribution in [2.24, 2.45) is 0 Å². The SMILES string of the molecule is CCCCNC(=O)[C@@H](C)Nc1nc2c(ncn2[C@@H]2O[C@H](COP(=O)(O)O)[C@@H](O)[C@H]2O)c(=O)[nH]1. The van der Waals surface area contributed by atoms with Crippen LogP contribution in [0.1, 0.15) is 32.9 Å². The van der Waals surface area contributed by atoms with Crippen LogP contribution in [0, 0.1) is 0 Å². The van der Waals surface area contributed by atoms with E-state index in [9.17, 15) is 24.4 Å². The molecule has 2 aromatic heterocycles. The summed E-state index contributed by atoms with van der Waals surface area (Å²) in [6, 6.07) is -0.719. The number of phosphoric acid groups is 1. The van der Waals surface area contributed by atoms with Gasteiger partial charge in [-0.1, -0.05) is 13.3 Å². The number of imidazole rings is 1. The second-order valence-electron chi connectivity index (χ2n) is 7.58. The highest BCUT2D eigenvalue weighted by Gasteiger charge is 2.45. The molecule has 0 bridgehead atoms. The molecular formula is C17H27N6O9P. The van der Waals surface area contributed by atoms with Gasteiger partial charge in [-0.3, -0.25) is 23.7 Å². The summed E-state index contributed by atoms with van der Waals surface area (Å²) in [6.45, 7) is 3.42. The maximum Gasteiger partial charge on any atom is 0.469 e. The third-order valence-electron chi connectivity index (χ3n) is 5.03. The molecule has 184 valence electrons. The molecule has 0 aromatic carbocycles. The molecule has 3 rings (SSSR count). The molecule has 0 spiro atoms. The van der Waals surface area contributed by atoms with Crippen LogP contribution in [0.25, 0.3) is 11.2 Å². The number of nitrogens with one attached hydrogen (secondary N) is 3. The second-order valence-corrected chi connectivity index (χ2v) is 8.82. The van der Waals surface area contributed by atoms with Gasteiger partial charge in [0.25, 0.3) is 5.56 Å². The third kappa shape index (κ3) is 5.95. The number of H-pyrrole nitrogens is 1. The first-order chi connectivity index (χ1) is 15.5. The minimum Gasteiger partial charge on any atom is -0.387 e. The second kappa shape index (κ2) is 10.3. The van der Waals surface area contributed by atoms with Crippen molar-refractivity contribution < 1.29 is 38.6 Å². The van der Waals surface area contributed by atoms with Crippen molar-refractivity contribution in [1.82, 2.24) is 24.8 Å². The molecule has 0 saturated carbocycles. The summed E-state index contributed by atoms with van der Waals surface area (Å²) in [5, 5.41) is 26.1. The van der Waals surface area contributed by atoms with Gasteiger partial charge >= 0.3 is 7.82 Å². The number of aromatic nitrogens is 4. The van der Waals surface area contributed by atoms with Crippen molar-refractivity contribution in [2.45, 2.75) is 57.3 Å². The van der Waals surface area contributed by atoms with Crippen molar-refractivity contribution in [1.29, 1.82) is 0 Å². The summed E-state index contributed by atoms with van der Waals surface area (Å²) in [5.41, 5.74) is -0.706. The van der Waals surface area contributed by atoms with E-state index < -0.39 is 50.6 Å². The van der Waals surface area contributed by atoms with Crippen LogP contribution in [0.3, 0.4) is 0 Å². The zero-order chi connectivity index (χ0) is 24.3. The predicted molar refractivity (Wildman–Crippen MR) is 113 cm³/mol. The number of phosphoric ester groups is 1. The van der Waals surface area contributed by atoms with E-state index in [1.807, 2.05) is 6.92 Å². The number of aliphatic hydroxyl groups is 2. The molecule has 7 N–H and O–H groups in total. The van der Waals surface area contributed by atoms with Gasteiger partial charge in [-0.15, -0.1) is 0 Å². The van der Waals surface area contributed by atoms with Gasteiger partial charge in [0.2, 0.25) is 11.9 Å². The normalized spacial score (nSPS) is 24.2. The molecule has 33 heavy (non-hydrogen) atoms. The molecule has 3 heterocycles. The van der Waals surface area contributed by atoms with Crippen LogP contribution < -0.4 is 16.2 Å². The Morgan fingerprint density at radius 1 is 1.39 bits per heavy atom. The Morgan fingerprint density at radius 2 is 2.12 bits per heavy atom. The molecule has 0 aliphatic carbocycles. The van der Waals surface area contributed by atoms with Gasteiger partial charge < -0.3 is 35.4 Å². The average molecular weight is 490 g/mol. The number of hydrogen-bond acceptors (Lipinski definition) is 10. The molecule has 0 unspecified atom stereocenters. The number of anilines is 1. The fourth-order valence-corrected chi connectivity index (χ4v) is 3.60. The first-order valence-electron chi connectivity index (χ1n) is 10.2. The van der Waals surface area contributed by atoms with Crippen LogP contribution in [0.5, 0.6) is 0 Å². The number of fused-ring (bicyclic) bond motifs is 1. The largest absolute Gasteiger partial charge is 0.469 e. The Labute approximate surface area is 187 Å². The van der Waals surface area contributed by atoms with Gasteiger partial charge in [0.05, 0.1) is 12.9 Å². The molecule has 1 amide bonds. The van der Waals surface area contributed by atoms with E-state index >= 15 is 0 Å². The van der Waals surface area contributed by atoms with E-state index in [-0.39, 0.29) is 23.0 Å².